The molecule has 1 radical (unpaired) electrons. The fourth-order valence-corrected chi connectivity index (χ4v) is 3.51. The Morgan fingerprint density at radius 1 is 1.07 bits per heavy atom. The van der Waals surface area contributed by atoms with E-state index in [-0.39, 0.29) is 52.0 Å². The SMILES string of the molecule is Cc1ccc([C@@H](C)NC(=O)C(C)C(O)C(=O)N2CCc3ccccc3C2)cc1.[HH].[Y]. The summed E-state index contributed by atoms with van der Waals surface area (Å²) in [6.07, 6.45) is -0.588. The average molecular weight is 471 g/mol. The van der Waals surface area contributed by atoms with E-state index in [1.807, 2.05) is 56.3 Å². The van der Waals surface area contributed by atoms with Crippen LogP contribution in [0.1, 0.15) is 43.6 Å². The summed E-state index contributed by atoms with van der Waals surface area (Å²) in [4.78, 5) is 27.0. The van der Waals surface area contributed by atoms with Crippen LogP contribution in [0.4, 0.5) is 0 Å². The van der Waals surface area contributed by atoms with Crippen LogP contribution in [0.15, 0.2) is 48.5 Å². The molecule has 0 saturated carbocycles. The van der Waals surface area contributed by atoms with Crippen molar-refractivity contribution < 1.29 is 48.8 Å². The zero-order valence-electron chi connectivity index (χ0n) is 17.3. The predicted octanol–water partition coefficient (Wildman–Crippen LogP) is 3.00. The standard InChI is InChI=1S/C23H28N2O3.Y.H2/c1-15-8-10-18(11-9-15)17(3)24-22(27)16(2)21(26)23(28)25-13-12-19-6-4-5-7-20(19)14-25;;/h4-11,16-17,21,26H,12-14H2,1-3H3,(H,24,27);;1H/t16?,17-,21?;;/m1../s1. The molecule has 0 saturated heterocycles. The molecular weight excluding hydrogens is 441 g/mol. The minimum absolute atomic E-state index is 0. The van der Waals surface area contributed by atoms with E-state index in [4.69, 9.17) is 0 Å². The minimum atomic E-state index is -1.35. The van der Waals surface area contributed by atoms with E-state index >= 15 is 0 Å². The number of benzene rings is 2. The summed E-state index contributed by atoms with van der Waals surface area (Å²) in [5.74, 6) is -1.54. The maximum absolute atomic E-state index is 12.7. The quantitative estimate of drug-likeness (QED) is 0.705. The normalized spacial score (nSPS) is 16.1. The molecule has 2 aromatic carbocycles. The number of rotatable bonds is 5. The van der Waals surface area contributed by atoms with Gasteiger partial charge in [-0.3, -0.25) is 9.59 Å². The van der Waals surface area contributed by atoms with Gasteiger partial charge in [0.15, 0.2) is 0 Å². The van der Waals surface area contributed by atoms with Crippen LogP contribution in [-0.4, -0.2) is 34.5 Å². The second-order valence-corrected chi connectivity index (χ2v) is 7.65. The molecule has 1 aliphatic rings. The van der Waals surface area contributed by atoms with Crippen LogP contribution in [0.3, 0.4) is 0 Å². The zero-order chi connectivity index (χ0) is 20.3. The van der Waals surface area contributed by atoms with Gasteiger partial charge in [0.25, 0.3) is 5.91 Å². The van der Waals surface area contributed by atoms with Gasteiger partial charge >= 0.3 is 0 Å². The number of carbonyl (C=O) groups excluding carboxylic acids is 2. The number of fused-ring (bicyclic) bond motifs is 1. The number of aliphatic hydroxyl groups excluding tert-OH is 1. The van der Waals surface area contributed by atoms with Crippen molar-refractivity contribution in [1.29, 1.82) is 0 Å². The van der Waals surface area contributed by atoms with Crippen LogP contribution in [0.2, 0.25) is 0 Å². The molecule has 0 aromatic heterocycles. The maximum atomic E-state index is 12.7. The summed E-state index contributed by atoms with van der Waals surface area (Å²) in [5, 5.41) is 13.4. The van der Waals surface area contributed by atoms with E-state index in [0.29, 0.717) is 13.1 Å². The van der Waals surface area contributed by atoms with Gasteiger partial charge in [0.1, 0.15) is 6.10 Å². The third-order valence-corrected chi connectivity index (χ3v) is 5.52. The van der Waals surface area contributed by atoms with Gasteiger partial charge in [-0.05, 0) is 37.0 Å². The van der Waals surface area contributed by atoms with Crippen molar-refractivity contribution in [3.63, 3.8) is 0 Å². The van der Waals surface area contributed by atoms with E-state index in [0.717, 1.165) is 23.1 Å². The first-order valence-electron chi connectivity index (χ1n) is 9.77. The number of nitrogens with zero attached hydrogens (tertiary/aromatic N) is 1. The van der Waals surface area contributed by atoms with Crippen molar-refractivity contribution in [2.24, 2.45) is 5.92 Å². The molecule has 1 aliphatic heterocycles. The number of aryl methyl sites for hydroxylation is 1. The van der Waals surface area contributed by atoms with Crippen LogP contribution >= 0.6 is 0 Å². The Hall–Kier alpha value is -1.56. The second-order valence-electron chi connectivity index (χ2n) is 7.65. The van der Waals surface area contributed by atoms with Crippen molar-refractivity contribution in [1.82, 2.24) is 10.2 Å². The van der Waals surface area contributed by atoms with Gasteiger partial charge in [0.2, 0.25) is 5.91 Å². The van der Waals surface area contributed by atoms with E-state index in [1.54, 1.807) is 11.8 Å². The molecule has 29 heavy (non-hydrogen) atoms. The molecule has 2 unspecified atom stereocenters. The largest absolute Gasteiger partial charge is 0.382 e. The van der Waals surface area contributed by atoms with Crippen LogP contribution in [-0.2, 0) is 55.3 Å². The molecule has 1 heterocycles. The number of amides is 2. The van der Waals surface area contributed by atoms with Crippen LogP contribution in [0, 0.1) is 12.8 Å². The van der Waals surface area contributed by atoms with Crippen LogP contribution < -0.4 is 5.32 Å². The van der Waals surface area contributed by atoms with E-state index < -0.39 is 12.0 Å². The fourth-order valence-electron chi connectivity index (χ4n) is 3.51. The number of nitrogens with one attached hydrogen (secondary N) is 1. The Morgan fingerprint density at radius 2 is 1.69 bits per heavy atom. The zero-order valence-corrected chi connectivity index (χ0v) is 20.1. The molecule has 3 atom stereocenters. The minimum Gasteiger partial charge on any atom is -0.382 e. The molecule has 2 amide bonds. The molecule has 153 valence electrons. The Kier molecular flexibility index (Phi) is 8.56. The summed E-state index contributed by atoms with van der Waals surface area (Å²) in [6.45, 7) is 6.53. The summed E-state index contributed by atoms with van der Waals surface area (Å²) >= 11 is 0. The van der Waals surface area contributed by atoms with Crippen LogP contribution in [0.5, 0.6) is 0 Å². The first kappa shape index (κ1) is 23.7. The van der Waals surface area contributed by atoms with Gasteiger partial charge in [-0.1, -0.05) is 61.0 Å². The van der Waals surface area contributed by atoms with Gasteiger partial charge in [-0.15, -0.1) is 0 Å². The molecule has 5 nitrogen and oxygen atoms in total. The molecule has 3 rings (SSSR count). The van der Waals surface area contributed by atoms with Crippen molar-refractivity contribution in [2.75, 3.05) is 6.54 Å². The summed E-state index contributed by atoms with van der Waals surface area (Å²) in [5.41, 5.74) is 4.47. The van der Waals surface area contributed by atoms with Gasteiger partial charge in [-0.25, -0.2) is 0 Å². The van der Waals surface area contributed by atoms with Gasteiger partial charge in [-0.2, -0.15) is 0 Å². The summed E-state index contributed by atoms with van der Waals surface area (Å²) in [6, 6.07) is 15.7. The Balaban J connectivity index is 0.00000225. The first-order chi connectivity index (χ1) is 13.4. The third-order valence-electron chi connectivity index (χ3n) is 5.52. The van der Waals surface area contributed by atoms with Crippen molar-refractivity contribution >= 4 is 11.8 Å². The topological polar surface area (TPSA) is 69.6 Å². The van der Waals surface area contributed by atoms with Gasteiger partial charge < -0.3 is 15.3 Å². The Morgan fingerprint density at radius 3 is 2.34 bits per heavy atom. The third kappa shape index (κ3) is 5.74. The Bertz CT molecular complexity index is 860. The number of hydrogen-bond donors (Lipinski definition) is 2. The fraction of sp³-hybridized carbons (Fsp3) is 0.391. The average Bonchev–Trinajstić information content (AvgIpc) is 2.72. The molecule has 2 N–H and O–H groups in total. The smallest absolute Gasteiger partial charge is 0.252 e. The number of aliphatic hydroxyl groups is 1. The predicted molar refractivity (Wildman–Crippen MR) is 111 cm³/mol. The molecule has 6 heteroatoms. The van der Waals surface area contributed by atoms with Crippen molar-refractivity contribution in [3.8, 4) is 0 Å². The van der Waals surface area contributed by atoms with Crippen LogP contribution in [0.25, 0.3) is 0 Å². The molecule has 0 bridgehead atoms. The molecule has 2 aromatic rings. The first-order valence-corrected chi connectivity index (χ1v) is 9.77. The van der Waals surface area contributed by atoms with E-state index in [1.165, 1.54) is 5.56 Å². The molecule has 0 spiro atoms. The van der Waals surface area contributed by atoms with E-state index in [2.05, 4.69) is 11.4 Å². The maximum Gasteiger partial charge on any atom is 0.252 e. The Labute approximate surface area is 199 Å². The number of hydrogen-bond acceptors (Lipinski definition) is 3. The van der Waals surface area contributed by atoms with E-state index in [9.17, 15) is 14.7 Å². The number of carbonyl (C=O) groups is 2. The molecule has 0 fully saturated rings. The monoisotopic (exact) mass is 471 g/mol. The summed E-state index contributed by atoms with van der Waals surface area (Å²) in [7, 11) is 0. The van der Waals surface area contributed by atoms with Gasteiger partial charge in [0.05, 0.1) is 12.0 Å². The summed E-state index contributed by atoms with van der Waals surface area (Å²) < 4.78 is 0. The second kappa shape index (κ2) is 10.5. The molecule has 0 aliphatic carbocycles. The van der Waals surface area contributed by atoms with Crippen molar-refractivity contribution in [2.45, 2.75) is 45.9 Å². The van der Waals surface area contributed by atoms with Gasteiger partial charge in [0, 0.05) is 47.2 Å². The molecular formula is C23H30N2O3Y. The van der Waals surface area contributed by atoms with Crippen molar-refractivity contribution in [3.05, 3.63) is 70.8 Å².